The molecule has 7 heteroatoms. The number of carbonyl (C=O) groups is 3. The number of hydrogen-bond donors (Lipinski definition) is 3. The molecule has 3 N–H and O–H groups in total. The van der Waals surface area contributed by atoms with Gasteiger partial charge in [0.25, 0.3) is 11.8 Å². The van der Waals surface area contributed by atoms with Crippen molar-refractivity contribution in [3.05, 3.63) is 59.7 Å². The minimum atomic E-state index is -0.454. The van der Waals surface area contributed by atoms with Gasteiger partial charge in [0.05, 0.1) is 6.61 Å². The fourth-order valence-electron chi connectivity index (χ4n) is 2.79. The lowest BCUT2D eigenvalue weighted by Crippen LogP contribution is -2.41. The van der Waals surface area contributed by atoms with Crippen LogP contribution in [0.4, 0.5) is 5.69 Å². The summed E-state index contributed by atoms with van der Waals surface area (Å²) in [4.78, 5) is 36.3. The molecule has 0 aliphatic rings. The van der Waals surface area contributed by atoms with Gasteiger partial charge in [-0.15, -0.1) is 0 Å². The molecular formula is C24H31N3O4. The van der Waals surface area contributed by atoms with E-state index in [1.54, 1.807) is 48.5 Å². The average Bonchev–Trinajstić information content (AvgIpc) is 2.75. The average molecular weight is 426 g/mol. The molecule has 0 bridgehead atoms. The summed E-state index contributed by atoms with van der Waals surface area (Å²) in [5.74, 6) is 0.0185. The summed E-state index contributed by atoms with van der Waals surface area (Å²) in [6.45, 7) is 6.72. The number of hydrogen-bond acceptors (Lipinski definition) is 4. The number of unbranched alkanes of at least 4 members (excludes halogenated alkanes) is 2. The van der Waals surface area contributed by atoms with Gasteiger partial charge in [-0.3, -0.25) is 25.2 Å². The Kier molecular flexibility index (Phi) is 9.55. The van der Waals surface area contributed by atoms with E-state index in [1.165, 1.54) is 0 Å². The van der Waals surface area contributed by atoms with Crippen LogP contribution in [-0.2, 0) is 4.79 Å². The van der Waals surface area contributed by atoms with E-state index in [2.05, 4.69) is 23.1 Å². The van der Waals surface area contributed by atoms with Crippen molar-refractivity contribution >= 4 is 23.4 Å². The molecular weight excluding hydrogens is 394 g/mol. The number of nitrogens with one attached hydrogen (secondary N) is 3. The molecule has 2 aromatic rings. The molecule has 0 radical (unpaired) electrons. The summed E-state index contributed by atoms with van der Waals surface area (Å²) in [7, 11) is 0. The zero-order chi connectivity index (χ0) is 22.6. The predicted octanol–water partition coefficient (Wildman–Crippen LogP) is 4.32. The maximum absolute atomic E-state index is 12.3. The van der Waals surface area contributed by atoms with Crippen LogP contribution in [0.25, 0.3) is 0 Å². The fourth-order valence-corrected chi connectivity index (χ4v) is 2.79. The lowest BCUT2D eigenvalue weighted by Gasteiger charge is -2.10. The van der Waals surface area contributed by atoms with Crippen molar-refractivity contribution in [2.75, 3.05) is 11.9 Å². The minimum absolute atomic E-state index is 0.0724. The van der Waals surface area contributed by atoms with Gasteiger partial charge < -0.3 is 10.1 Å². The lowest BCUT2D eigenvalue weighted by atomic mass is 10.1. The Labute approximate surface area is 183 Å². The molecule has 0 aliphatic carbocycles. The Hall–Kier alpha value is -3.35. The molecule has 2 aromatic carbocycles. The van der Waals surface area contributed by atoms with Crippen LogP contribution in [0.15, 0.2) is 48.5 Å². The SMILES string of the molecule is CCCCCOc1ccc(C(=O)NNC(=O)c2ccc(NC(=O)CC(C)C)cc2)cc1. The summed E-state index contributed by atoms with van der Waals surface area (Å²) in [6.07, 6.45) is 3.68. The monoisotopic (exact) mass is 425 g/mol. The highest BCUT2D eigenvalue weighted by atomic mass is 16.5. The maximum Gasteiger partial charge on any atom is 0.269 e. The van der Waals surface area contributed by atoms with Crippen molar-refractivity contribution in [3.63, 3.8) is 0 Å². The molecule has 0 aliphatic heterocycles. The van der Waals surface area contributed by atoms with E-state index < -0.39 is 11.8 Å². The van der Waals surface area contributed by atoms with E-state index in [0.717, 1.165) is 19.3 Å². The van der Waals surface area contributed by atoms with Crippen LogP contribution in [0.3, 0.4) is 0 Å². The summed E-state index contributed by atoms with van der Waals surface area (Å²) in [5.41, 5.74) is 6.17. The zero-order valence-electron chi connectivity index (χ0n) is 18.4. The van der Waals surface area contributed by atoms with Crippen molar-refractivity contribution in [1.82, 2.24) is 10.9 Å². The van der Waals surface area contributed by atoms with Crippen molar-refractivity contribution in [1.29, 1.82) is 0 Å². The van der Waals surface area contributed by atoms with Crippen LogP contribution >= 0.6 is 0 Å². The predicted molar refractivity (Wildman–Crippen MR) is 121 cm³/mol. The second kappa shape index (κ2) is 12.4. The third-order valence-electron chi connectivity index (χ3n) is 4.45. The first-order valence-electron chi connectivity index (χ1n) is 10.6. The number of amides is 3. The largest absolute Gasteiger partial charge is 0.494 e. The number of benzene rings is 2. The van der Waals surface area contributed by atoms with Crippen LogP contribution in [0.1, 0.15) is 67.2 Å². The van der Waals surface area contributed by atoms with Gasteiger partial charge in [-0.1, -0.05) is 33.6 Å². The molecule has 0 saturated heterocycles. The number of anilines is 1. The molecule has 2 rings (SSSR count). The quantitative estimate of drug-likeness (QED) is 0.390. The van der Waals surface area contributed by atoms with E-state index in [1.807, 2.05) is 13.8 Å². The molecule has 31 heavy (non-hydrogen) atoms. The van der Waals surface area contributed by atoms with E-state index in [4.69, 9.17) is 4.74 Å². The molecule has 0 heterocycles. The normalized spacial score (nSPS) is 10.5. The summed E-state index contributed by atoms with van der Waals surface area (Å²) in [5, 5.41) is 2.78. The van der Waals surface area contributed by atoms with Crippen molar-refractivity contribution in [2.45, 2.75) is 46.5 Å². The summed E-state index contributed by atoms with van der Waals surface area (Å²) < 4.78 is 5.62. The number of hydrazine groups is 1. The number of ether oxygens (including phenoxy) is 1. The van der Waals surface area contributed by atoms with Gasteiger partial charge in [0.1, 0.15) is 5.75 Å². The highest BCUT2D eigenvalue weighted by Gasteiger charge is 2.10. The third kappa shape index (κ3) is 8.50. The maximum atomic E-state index is 12.3. The molecule has 7 nitrogen and oxygen atoms in total. The van der Waals surface area contributed by atoms with E-state index >= 15 is 0 Å². The Balaban J connectivity index is 1.81. The van der Waals surface area contributed by atoms with E-state index in [0.29, 0.717) is 35.6 Å². The van der Waals surface area contributed by atoms with Gasteiger partial charge in [-0.05, 0) is 60.9 Å². The molecule has 0 unspecified atom stereocenters. The second-order valence-electron chi connectivity index (χ2n) is 7.71. The highest BCUT2D eigenvalue weighted by Crippen LogP contribution is 2.13. The number of rotatable bonds is 10. The minimum Gasteiger partial charge on any atom is -0.494 e. The molecule has 0 fully saturated rings. The smallest absolute Gasteiger partial charge is 0.269 e. The first-order chi connectivity index (χ1) is 14.9. The van der Waals surface area contributed by atoms with Gasteiger partial charge in [-0.2, -0.15) is 0 Å². The Morgan fingerprint density at radius 1 is 0.839 bits per heavy atom. The summed E-state index contributed by atoms with van der Waals surface area (Å²) in [6, 6.07) is 13.2. The van der Waals surface area contributed by atoms with Gasteiger partial charge in [0.15, 0.2) is 0 Å². The first-order valence-corrected chi connectivity index (χ1v) is 10.6. The van der Waals surface area contributed by atoms with E-state index in [9.17, 15) is 14.4 Å². The molecule has 3 amide bonds. The first kappa shape index (κ1) is 23.9. The van der Waals surface area contributed by atoms with Crippen molar-refractivity contribution in [2.24, 2.45) is 5.92 Å². The van der Waals surface area contributed by atoms with Crippen LogP contribution in [0.5, 0.6) is 5.75 Å². The van der Waals surface area contributed by atoms with Gasteiger partial charge in [0.2, 0.25) is 5.91 Å². The van der Waals surface area contributed by atoms with Crippen LogP contribution in [-0.4, -0.2) is 24.3 Å². The van der Waals surface area contributed by atoms with Crippen LogP contribution in [0, 0.1) is 5.92 Å². The van der Waals surface area contributed by atoms with Gasteiger partial charge in [-0.25, -0.2) is 0 Å². The second-order valence-corrected chi connectivity index (χ2v) is 7.71. The molecule has 0 atom stereocenters. The van der Waals surface area contributed by atoms with Crippen molar-refractivity contribution < 1.29 is 19.1 Å². The van der Waals surface area contributed by atoms with Crippen molar-refractivity contribution in [3.8, 4) is 5.75 Å². The molecule has 0 saturated carbocycles. The Bertz CT molecular complexity index is 861. The molecule has 0 aromatic heterocycles. The fraction of sp³-hybridized carbons (Fsp3) is 0.375. The molecule has 166 valence electrons. The van der Waals surface area contributed by atoms with Crippen LogP contribution < -0.4 is 20.9 Å². The van der Waals surface area contributed by atoms with Gasteiger partial charge in [0, 0.05) is 23.2 Å². The summed E-state index contributed by atoms with van der Waals surface area (Å²) >= 11 is 0. The molecule has 0 spiro atoms. The van der Waals surface area contributed by atoms with Crippen LogP contribution in [0.2, 0.25) is 0 Å². The van der Waals surface area contributed by atoms with Gasteiger partial charge >= 0.3 is 0 Å². The topological polar surface area (TPSA) is 96.5 Å². The van der Waals surface area contributed by atoms with E-state index in [-0.39, 0.29) is 11.8 Å². The highest BCUT2D eigenvalue weighted by molar-refractivity contribution is 5.99. The Morgan fingerprint density at radius 2 is 1.39 bits per heavy atom. The zero-order valence-corrected chi connectivity index (χ0v) is 18.4. The Morgan fingerprint density at radius 3 is 1.90 bits per heavy atom. The third-order valence-corrected chi connectivity index (χ3v) is 4.45. The lowest BCUT2D eigenvalue weighted by molar-refractivity contribution is -0.116. The number of carbonyl (C=O) groups excluding carboxylic acids is 3. The standard InChI is InChI=1S/C24H31N3O4/c1-4-5-6-15-31-21-13-9-19(10-14-21)24(30)27-26-23(29)18-7-11-20(12-8-18)25-22(28)16-17(2)3/h7-14,17H,4-6,15-16H2,1-3H3,(H,25,28)(H,26,29)(H,27,30).